The van der Waals surface area contributed by atoms with Crippen molar-refractivity contribution in [3.8, 4) is 0 Å². The quantitative estimate of drug-likeness (QED) is 0.554. The minimum Gasteiger partial charge on any atom is -0.375 e. The second kappa shape index (κ2) is 2.52. The van der Waals surface area contributed by atoms with Gasteiger partial charge in [-0.05, 0) is 30.9 Å². The summed E-state index contributed by atoms with van der Waals surface area (Å²) in [5.41, 5.74) is 0.762. The number of hydrogen-bond donors (Lipinski definition) is 0. The molecule has 0 aromatic heterocycles. The van der Waals surface area contributed by atoms with E-state index in [1.165, 1.54) is 0 Å². The molecule has 0 fully saturated rings. The first-order valence-electron chi connectivity index (χ1n) is 5.05. The van der Waals surface area contributed by atoms with E-state index in [9.17, 15) is 0 Å². The molecule has 13 heavy (non-hydrogen) atoms. The maximum atomic E-state index is 2.35. The lowest BCUT2D eigenvalue weighted by Gasteiger charge is -2.57. The van der Waals surface area contributed by atoms with Crippen molar-refractivity contribution in [3.05, 3.63) is 12.3 Å². The minimum absolute atomic E-state index is 0.214. The number of allylic oxidation sites excluding steroid dienone is 1. The van der Waals surface area contributed by atoms with Crippen molar-refractivity contribution in [3.63, 3.8) is 0 Å². The molecular formula is C12H23N. The summed E-state index contributed by atoms with van der Waals surface area (Å²) >= 11 is 0. The third kappa shape index (κ3) is 1.20. The lowest BCUT2D eigenvalue weighted by Crippen LogP contribution is -2.58. The van der Waals surface area contributed by atoms with E-state index in [0.29, 0.717) is 0 Å². The Hall–Kier alpha value is -0.460. The average Bonchev–Trinajstić information content (AvgIpc) is 1.97. The van der Waals surface area contributed by atoms with Gasteiger partial charge in [-0.2, -0.15) is 0 Å². The van der Waals surface area contributed by atoms with Crippen LogP contribution in [0.25, 0.3) is 0 Å². The number of nitrogens with zero attached hydrogens (tertiary/aromatic N) is 1. The van der Waals surface area contributed by atoms with E-state index >= 15 is 0 Å². The molecule has 0 saturated carbocycles. The fourth-order valence-electron chi connectivity index (χ4n) is 1.92. The largest absolute Gasteiger partial charge is 0.375 e. The van der Waals surface area contributed by atoms with Gasteiger partial charge in [0.15, 0.2) is 0 Å². The van der Waals surface area contributed by atoms with Crippen molar-refractivity contribution in [1.82, 2.24) is 4.90 Å². The van der Waals surface area contributed by atoms with Gasteiger partial charge in [-0.15, -0.1) is 0 Å². The van der Waals surface area contributed by atoms with Gasteiger partial charge < -0.3 is 4.90 Å². The van der Waals surface area contributed by atoms with E-state index in [4.69, 9.17) is 0 Å². The molecule has 0 amide bonds. The van der Waals surface area contributed by atoms with Crippen LogP contribution in [0.1, 0.15) is 41.5 Å². The van der Waals surface area contributed by atoms with Crippen LogP contribution in [0, 0.1) is 10.8 Å². The molecule has 1 nitrogen and oxygen atoms in total. The van der Waals surface area contributed by atoms with Crippen molar-refractivity contribution < 1.29 is 0 Å². The van der Waals surface area contributed by atoms with Gasteiger partial charge in [0.25, 0.3) is 0 Å². The van der Waals surface area contributed by atoms with E-state index in [1.807, 2.05) is 0 Å². The topological polar surface area (TPSA) is 3.24 Å². The van der Waals surface area contributed by atoms with Crippen LogP contribution < -0.4 is 0 Å². The van der Waals surface area contributed by atoms with E-state index in [0.717, 1.165) is 0 Å². The molecule has 1 heteroatoms. The SMILES string of the molecule is CN1C=CC(C)(C)C(C)(C)C1(C)C. The van der Waals surface area contributed by atoms with Crippen LogP contribution in [0.15, 0.2) is 12.3 Å². The zero-order valence-corrected chi connectivity index (χ0v) is 10.1. The van der Waals surface area contributed by atoms with E-state index in [-0.39, 0.29) is 16.4 Å². The van der Waals surface area contributed by atoms with Crippen molar-refractivity contribution in [1.29, 1.82) is 0 Å². The van der Waals surface area contributed by atoms with Gasteiger partial charge in [0, 0.05) is 12.6 Å². The summed E-state index contributed by atoms with van der Waals surface area (Å²) in [6, 6.07) is 0. The van der Waals surface area contributed by atoms with E-state index in [2.05, 4.69) is 65.8 Å². The zero-order valence-electron chi connectivity index (χ0n) is 10.1. The molecule has 0 bridgehead atoms. The summed E-state index contributed by atoms with van der Waals surface area (Å²) < 4.78 is 0. The van der Waals surface area contributed by atoms with Crippen LogP contribution in [0.3, 0.4) is 0 Å². The molecule has 0 aromatic rings. The molecule has 1 rings (SSSR count). The molecule has 0 unspecified atom stereocenters. The zero-order chi connectivity index (χ0) is 10.5. The molecule has 76 valence electrons. The summed E-state index contributed by atoms with van der Waals surface area (Å²) in [6.45, 7) is 14.0. The molecular weight excluding hydrogens is 158 g/mol. The monoisotopic (exact) mass is 181 g/mol. The predicted octanol–water partition coefficient (Wildman–Crippen LogP) is 3.28. The van der Waals surface area contributed by atoms with Gasteiger partial charge in [-0.25, -0.2) is 0 Å². The Morgan fingerprint density at radius 3 is 1.77 bits per heavy atom. The van der Waals surface area contributed by atoms with Gasteiger partial charge >= 0.3 is 0 Å². The Morgan fingerprint density at radius 1 is 0.923 bits per heavy atom. The molecule has 1 aliphatic heterocycles. The predicted molar refractivity (Wildman–Crippen MR) is 58.5 cm³/mol. The van der Waals surface area contributed by atoms with Crippen molar-refractivity contribution >= 4 is 0 Å². The van der Waals surface area contributed by atoms with Gasteiger partial charge in [-0.3, -0.25) is 0 Å². The minimum atomic E-state index is 0.214. The first-order chi connectivity index (χ1) is 5.63. The van der Waals surface area contributed by atoms with Crippen molar-refractivity contribution in [2.24, 2.45) is 10.8 Å². The molecule has 1 heterocycles. The first kappa shape index (κ1) is 10.6. The fourth-order valence-corrected chi connectivity index (χ4v) is 1.92. The van der Waals surface area contributed by atoms with Crippen LogP contribution in [0.4, 0.5) is 0 Å². The van der Waals surface area contributed by atoms with Gasteiger partial charge in [0.2, 0.25) is 0 Å². The highest BCUT2D eigenvalue weighted by molar-refractivity contribution is 5.15. The highest BCUT2D eigenvalue weighted by Gasteiger charge is 2.50. The normalized spacial score (nSPS) is 29.0. The van der Waals surface area contributed by atoms with Crippen LogP contribution in [-0.4, -0.2) is 17.5 Å². The lowest BCUT2D eigenvalue weighted by molar-refractivity contribution is -0.0252. The average molecular weight is 181 g/mol. The van der Waals surface area contributed by atoms with E-state index < -0.39 is 0 Å². The van der Waals surface area contributed by atoms with Gasteiger partial charge in [0.05, 0.1) is 0 Å². The second-order valence-corrected chi connectivity index (χ2v) is 5.83. The molecule has 0 spiro atoms. The Bertz CT molecular complexity index is 234. The number of rotatable bonds is 0. The summed E-state index contributed by atoms with van der Waals surface area (Å²) in [5, 5.41) is 0. The van der Waals surface area contributed by atoms with Crippen molar-refractivity contribution in [2.75, 3.05) is 7.05 Å². The molecule has 0 saturated heterocycles. The lowest BCUT2D eigenvalue weighted by atomic mass is 9.56. The second-order valence-electron chi connectivity index (χ2n) is 5.83. The Morgan fingerprint density at radius 2 is 1.38 bits per heavy atom. The van der Waals surface area contributed by atoms with Gasteiger partial charge in [0.1, 0.15) is 0 Å². The van der Waals surface area contributed by atoms with Crippen molar-refractivity contribution in [2.45, 2.75) is 47.1 Å². The highest BCUT2D eigenvalue weighted by Crippen LogP contribution is 2.52. The van der Waals surface area contributed by atoms with Gasteiger partial charge in [-0.1, -0.05) is 33.8 Å². The molecule has 0 aliphatic carbocycles. The fraction of sp³-hybridized carbons (Fsp3) is 0.833. The molecule has 0 atom stereocenters. The highest BCUT2D eigenvalue weighted by atomic mass is 15.2. The van der Waals surface area contributed by atoms with Crippen LogP contribution >= 0.6 is 0 Å². The maximum absolute atomic E-state index is 2.35. The third-order valence-electron chi connectivity index (χ3n) is 4.74. The summed E-state index contributed by atoms with van der Waals surface area (Å²) in [6.07, 6.45) is 4.53. The van der Waals surface area contributed by atoms with Crippen LogP contribution in [0.5, 0.6) is 0 Å². The summed E-state index contributed by atoms with van der Waals surface area (Å²) in [5.74, 6) is 0. The summed E-state index contributed by atoms with van der Waals surface area (Å²) in [7, 11) is 2.16. The molecule has 0 N–H and O–H groups in total. The Balaban J connectivity index is 3.22. The molecule has 0 aromatic carbocycles. The first-order valence-corrected chi connectivity index (χ1v) is 5.05. The van der Waals surface area contributed by atoms with Crippen LogP contribution in [0.2, 0.25) is 0 Å². The third-order valence-corrected chi connectivity index (χ3v) is 4.74. The smallest absolute Gasteiger partial charge is 0.0396 e. The standard InChI is InChI=1S/C12H23N/c1-10(2)8-9-13(7)12(5,6)11(10,3)4/h8-9H,1-7H3. The van der Waals surface area contributed by atoms with E-state index in [1.54, 1.807) is 0 Å². The molecule has 1 aliphatic rings. The Kier molecular flexibility index (Phi) is 2.06. The number of hydrogen-bond acceptors (Lipinski definition) is 1. The molecule has 0 radical (unpaired) electrons. The summed E-state index contributed by atoms with van der Waals surface area (Å²) in [4.78, 5) is 2.32. The van der Waals surface area contributed by atoms with Crippen LogP contribution in [-0.2, 0) is 0 Å². The maximum Gasteiger partial charge on any atom is 0.0396 e. The Labute approximate surface area is 82.8 Å².